The first-order chi connectivity index (χ1) is 7.97. The zero-order valence-corrected chi connectivity index (χ0v) is 9.85. The number of para-hydroxylation sites is 1. The maximum absolute atomic E-state index is 11.8. The van der Waals surface area contributed by atoms with Crippen molar-refractivity contribution >= 4 is 24.3 Å². The zero-order chi connectivity index (χ0) is 12.5. The van der Waals surface area contributed by atoms with E-state index in [9.17, 15) is 9.36 Å². The number of carbonyl (C=O) groups is 1. The number of fused-ring (bicyclic) bond motifs is 1. The lowest BCUT2D eigenvalue weighted by molar-refractivity contribution is 0.0988. The molecule has 2 rings (SSSR count). The molecule has 0 saturated carbocycles. The van der Waals surface area contributed by atoms with Gasteiger partial charge in [0.15, 0.2) is 5.78 Å². The van der Waals surface area contributed by atoms with Gasteiger partial charge >= 0.3 is 7.60 Å². The van der Waals surface area contributed by atoms with Crippen molar-refractivity contribution in [2.45, 2.75) is 6.42 Å². The molecule has 1 heterocycles. The molecule has 0 aliphatic heterocycles. The Morgan fingerprint density at radius 1 is 1.29 bits per heavy atom. The molecule has 2 aromatic rings. The van der Waals surface area contributed by atoms with Crippen LogP contribution in [0, 0.1) is 0 Å². The van der Waals surface area contributed by atoms with E-state index >= 15 is 0 Å². The molecule has 0 fully saturated rings. The van der Waals surface area contributed by atoms with E-state index in [4.69, 9.17) is 9.79 Å². The van der Waals surface area contributed by atoms with E-state index in [2.05, 4.69) is 4.98 Å². The molecule has 17 heavy (non-hydrogen) atoms. The summed E-state index contributed by atoms with van der Waals surface area (Å²) in [6, 6.07) is 7.31. The second-order valence-corrected chi connectivity index (χ2v) is 5.59. The molecule has 6 heteroatoms. The van der Waals surface area contributed by atoms with Gasteiger partial charge in [-0.15, -0.1) is 0 Å². The van der Waals surface area contributed by atoms with Crippen LogP contribution < -0.4 is 0 Å². The van der Waals surface area contributed by atoms with Crippen LogP contribution in [0.3, 0.4) is 0 Å². The summed E-state index contributed by atoms with van der Waals surface area (Å²) >= 11 is 0. The highest BCUT2D eigenvalue weighted by Gasteiger charge is 2.18. The fourth-order valence-corrected chi connectivity index (χ4v) is 2.18. The Bertz CT molecular complexity index is 598. The van der Waals surface area contributed by atoms with Crippen LogP contribution in [0.4, 0.5) is 0 Å². The van der Waals surface area contributed by atoms with Gasteiger partial charge in [0.1, 0.15) is 0 Å². The van der Waals surface area contributed by atoms with Gasteiger partial charge in [-0.1, -0.05) is 18.2 Å². The SMILES string of the molecule is O=C(CCP(=O)(O)O)c1c[nH]c2ccccc12. The number of aromatic amines is 1. The fourth-order valence-electron chi connectivity index (χ4n) is 1.68. The average molecular weight is 253 g/mol. The summed E-state index contributed by atoms with van der Waals surface area (Å²) in [6.07, 6.45) is 1.02. The van der Waals surface area contributed by atoms with Gasteiger partial charge in [-0.3, -0.25) is 9.36 Å². The first kappa shape index (κ1) is 12.0. The third-order valence-corrected chi connectivity index (χ3v) is 3.33. The molecule has 0 unspecified atom stereocenters. The van der Waals surface area contributed by atoms with Crippen molar-refractivity contribution in [3.63, 3.8) is 0 Å². The summed E-state index contributed by atoms with van der Waals surface area (Å²) in [4.78, 5) is 32.2. The molecular weight excluding hydrogens is 241 g/mol. The summed E-state index contributed by atoms with van der Waals surface area (Å²) in [7, 11) is -4.11. The molecule has 0 spiro atoms. The highest BCUT2D eigenvalue weighted by Crippen LogP contribution is 2.35. The third-order valence-electron chi connectivity index (χ3n) is 2.52. The van der Waals surface area contributed by atoms with Gasteiger partial charge < -0.3 is 14.8 Å². The third kappa shape index (κ3) is 2.82. The van der Waals surface area contributed by atoms with Crippen molar-refractivity contribution < 1.29 is 19.1 Å². The lowest BCUT2D eigenvalue weighted by Crippen LogP contribution is -2.01. The predicted octanol–water partition coefficient (Wildman–Crippen LogP) is 1.92. The van der Waals surface area contributed by atoms with E-state index in [0.29, 0.717) is 5.56 Å². The van der Waals surface area contributed by atoms with E-state index < -0.39 is 13.8 Å². The Morgan fingerprint density at radius 2 is 2.00 bits per heavy atom. The molecule has 0 amide bonds. The second kappa shape index (κ2) is 4.45. The van der Waals surface area contributed by atoms with Crippen LogP contribution in [0.25, 0.3) is 10.9 Å². The number of H-pyrrole nitrogens is 1. The number of hydrogen-bond donors (Lipinski definition) is 3. The Morgan fingerprint density at radius 3 is 2.71 bits per heavy atom. The fraction of sp³-hybridized carbons (Fsp3) is 0.182. The molecule has 0 radical (unpaired) electrons. The Labute approximate surface area is 97.6 Å². The van der Waals surface area contributed by atoms with Crippen molar-refractivity contribution in [2.24, 2.45) is 0 Å². The van der Waals surface area contributed by atoms with E-state index in [1.165, 1.54) is 0 Å². The smallest absolute Gasteiger partial charge is 0.326 e. The highest BCUT2D eigenvalue weighted by molar-refractivity contribution is 7.51. The molecule has 0 atom stereocenters. The molecule has 0 aliphatic carbocycles. The van der Waals surface area contributed by atoms with Crippen molar-refractivity contribution in [1.29, 1.82) is 0 Å². The average Bonchev–Trinajstić information content (AvgIpc) is 2.68. The van der Waals surface area contributed by atoms with Crippen LogP contribution in [-0.2, 0) is 4.57 Å². The molecule has 1 aromatic carbocycles. The van der Waals surface area contributed by atoms with E-state index in [-0.39, 0.29) is 12.2 Å². The Balaban J connectivity index is 2.22. The number of aromatic nitrogens is 1. The number of nitrogens with one attached hydrogen (secondary N) is 1. The quantitative estimate of drug-likeness (QED) is 0.573. The van der Waals surface area contributed by atoms with Crippen molar-refractivity contribution in [1.82, 2.24) is 4.98 Å². The summed E-state index contributed by atoms with van der Waals surface area (Å²) in [5.41, 5.74) is 1.32. The predicted molar refractivity (Wildman–Crippen MR) is 64.2 cm³/mol. The monoisotopic (exact) mass is 253 g/mol. The van der Waals surface area contributed by atoms with E-state index in [0.717, 1.165) is 10.9 Å². The van der Waals surface area contributed by atoms with Crippen molar-refractivity contribution in [3.8, 4) is 0 Å². The summed E-state index contributed by atoms with van der Waals surface area (Å²) < 4.78 is 10.7. The molecule has 1 aromatic heterocycles. The number of rotatable bonds is 4. The lowest BCUT2D eigenvalue weighted by Gasteiger charge is -2.02. The molecule has 0 bridgehead atoms. The maximum atomic E-state index is 11.8. The normalized spacial score (nSPS) is 11.9. The van der Waals surface area contributed by atoms with Gasteiger partial charge in [0.2, 0.25) is 0 Å². The number of Topliss-reactive ketones (excluding diaryl/α,β-unsaturated/α-hetero) is 1. The van der Waals surface area contributed by atoms with Gasteiger partial charge in [-0.05, 0) is 6.07 Å². The largest absolute Gasteiger partial charge is 0.360 e. The highest BCUT2D eigenvalue weighted by atomic mass is 31.2. The zero-order valence-electron chi connectivity index (χ0n) is 8.96. The van der Waals surface area contributed by atoms with Gasteiger partial charge in [0.25, 0.3) is 0 Å². The summed E-state index contributed by atoms with van der Waals surface area (Å²) in [5.74, 6) is -0.259. The number of benzene rings is 1. The van der Waals surface area contributed by atoms with Crippen LogP contribution in [0.5, 0.6) is 0 Å². The molecule has 0 aliphatic rings. The molecular formula is C11H12NO4P. The van der Waals surface area contributed by atoms with Crippen LogP contribution in [0.15, 0.2) is 30.5 Å². The van der Waals surface area contributed by atoms with Gasteiger partial charge in [-0.2, -0.15) is 0 Å². The minimum atomic E-state index is -4.11. The number of hydrogen-bond acceptors (Lipinski definition) is 2. The molecule has 0 saturated heterocycles. The Hall–Kier alpha value is -1.42. The standard InChI is InChI=1S/C11H12NO4P/c13-11(5-6-17(14,15)16)9-7-12-10-4-2-1-3-8(9)10/h1-4,7,12H,5-6H2,(H2,14,15,16). The van der Waals surface area contributed by atoms with Crippen LogP contribution >= 0.6 is 7.60 Å². The minimum Gasteiger partial charge on any atom is -0.360 e. The van der Waals surface area contributed by atoms with Crippen LogP contribution in [0.1, 0.15) is 16.8 Å². The van der Waals surface area contributed by atoms with Crippen LogP contribution in [0.2, 0.25) is 0 Å². The Kier molecular flexibility index (Phi) is 3.15. The second-order valence-electron chi connectivity index (χ2n) is 3.81. The molecule has 5 nitrogen and oxygen atoms in total. The lowest BCUT2D eigenvalue weighted by atomic mass is 10.1. The van der Waals surface area contributed by atoms with Gasteiger partial charge in [-0.25, -0.2) is 0 Å². The molecule has 90 valence electrons. The maximum Gasteiger partial charge on any atom is 0.326 e. The van der Waals surface area contributed by atoms with Crippen molar-refractivity contribution in [2.75, 3.05) is 6.16 Å². The van der Waals surface area contributed by atoms with Crippen LogP contribution in [-0.4, -0.2) is 26.7 Å². The topological polar surface area (TPSA) is 90.4 Å². The molecule has 3 N–H and O–H groups in total. The van der Waals surface area contributed by atoms with Gasteiger partial charge in [0, 0.05) is 29.1 Å². The summed E-state index contributed by atoms with van der Waals surface area (Å²) in [5, 5.41) is 0.781. The first-order valence-corrected chi connectivity index (χ1v) is 6.91. The van der Waals surface area contributed by atoms with E-state index in [1.54, 1.807) is 12.3 Å². The minimum absolute atomic E-state index is 0.147. The summed E-state index contributed by atoms with van der Waals surface area (Å²) in [6.45, 7) is 0. The first-order valence-electron chi connectivity index (χ1n) is 5.11. The van der Waals surface area contributed by atoms with Crippen molar-refractivity contribution in [3.05, 3.63) is 36.0 Å². The van der Waals surface area contributed by atoms with E-state index in [1.807, 2.05) is 18.2 Å². The van der Waals surface area contributed by atoms with Gasteiger partial charge in [0.05, 0.1) is 6.16 Å². The number of carbonyl (C=O) groups excluding carboxylic acids is 1. The number of ketones is 1.